The number of nitrogens with one attached hydrogen (secondary N) is 1. The summed E-state index contributed by atoms with van der Waals surface area (Å²) in [5.41, 5.74) is 2.82. The number of pyridine rings is 1. The van der Waals surface area contributed by atoms with E-state index in [1.807, 2.05) is 43.3 Å². The number of carbonyl (C=O) groups excluding carboxylic acids is 1. The molecule has 2 aromatic heterocycles. The molecule has 2 aromatic carbocycles. The number of hydrogen-bond acceptors (Lipinski definition) is 5. The zero-order valence-corrected chi connectivity index (χ0v) is 19.6. The summed E-state index contributed by atoms with van der Waals surface area (Å²) in [6, 6.07) is 18.4. The van der Waals surface area contributed by atoms with Crippen LogP contribution >= 0.6 is 0 Å². The van der Waals surface area contributed by atoms with Crippen molar-refractivity contribution < 1.29 is 13.2 Å². The molecule has 5 rings (SSSR count). The Morgan fingerprint density at radius 2 is 1.74 bits per heavy atom. The minimum Gasteiger partial charge on any atom is -0.348 e. The van der Waals surface area contributed by atoms with Gasteiger partial charge in [-0.05, 0) is 55.7 Å². The molecule has 4 aromatic rings. The lowest BCUT2D eigenvalue weighted by Crippen LogP contribution is -2.28. The molecule has 0 saturated carbocycles. The molecule has 8 nitrogen and oxygen atoms in total. The number of hydrogen-bond donors (Lipinski definition) is 1. The largest absolute Gasteiger partial charge is 0.348 e. The van der Waals surface area contributed by atoms with Crippen molar-refractivity contribution in [2.24, 2.45) is 0 Å². The van der Waals surface area contributed by atoms with Crippen molar-refractivity contribution in [2.45, 2.75) is 31.2 Å². The van der Waals surface area contributed by atoms with Crippen LogP contribution in [0.15, 0.2) is 71.8 Å². The molecular weight excluding hydrogens is 450 g/mol. The summed E-state index contributed by atoms with van der Waals surface area (Å²) >= 11 is 0. The van der Waals surface area contributed by atoms with Gasteiger partial charge in [-0.15, -0.1) is 0 Å². The third-order valence-electron chi connectivity index (χ3n) is 6.13. The summed E-state index contributed by atoms with van der Waals surface area (Å²) < 4.78 is 28.5. The maximum absolute atomic E-state index is 12.8. The standard InChI is InChI=1S/C25H25N5O3S/c1-18-22(17-27-30(18)24-13-10-20-6-2-3-7-23(20)28-24)25(31)26-16-19-8-11-21(12-9-19)34(32,33)29-14-4-5-15-29/h2-3,6-13,17H,4-5,14-16H2,1H3,(H,26,31). The predicted octanol–water partition coefficient (Wildman–Crippen LogP) is 3.44. The fourth-order valence-corrected chi connectivity index (χ4v) is 5.69. The molecule has 34 heavy (non-hydrogen) atoms. The third-order valence-corrected chi connectivity index (χ3v) is 8.05. The Morgan fingerprint density at radius 3 is 2.50 bits per heavy atom. The summed E-state index contributed by atoms with van der Waals surface area (Å²) in [7, 11) is -3.44. The van der Waals surface area contributed by atoms with Crippen LogP contribution in [0.4, 0.5) is 0 Å². The lowest BCUT2D eigenvalue weighted by molar-refractivity contribution is 0.0950. The number of carbonyl (C=O) groups is 1. The Hall–Kier alpha value is -3.56. The summed E-state index contributed by atoms with van der Waals surface area (Å²) in [4.78, 5) is 17.7. The molecule has 1 aliphatic rings. The Balaban J connectivity index is 1.27. The fourth-order valence-electron chi connectivity index (χ4n) is 4.17. The lowest BCUT2D eigenvalue weighted by atomic mass is 10.2. The highest BCUT2D eigenvalue weighted by Gasteiger charge is 2.27. The Bertz CT molecular complexity index is 1460. The summed E-state index contributed by atoms with van der Waals surface area (Å²) in [6.07, 6.45) is 3.33. The van der Waals surface area contributed by atoms with Gasteiger partial charge in [0.1, 0.15) is 0 Å². The molecule has 0 unspecified atom stereocenters. The van der Waals surface area contributed by atoms with E-state index in [9.17, 15) is 13.2 Å². The molecule has 9 heteroatoms. The molecular formula is C25H25N5O3S. The molecule has 1 fully saturated rings. The van der Waals surface area contributed by atoms with Crippen molar-refractivity contribution in [1.82, 2.24) is 24.4 Å². The maximum atomic E-state index is 12.8. The summed E-state index contributed by atoms with van der Waals surface area (Å²) in [6.45, 7) is 3.25. The van der Waals surface area contributed by atoms with E-state index >= 15 is 0 Å². The number of rotatable bonds is 6. The number of fused-ring (bicyclic) bond motifs is 1. The first-order valence-corrected chi connectivity index (χ1v) is 12.7. The Labute approximate surface area is 198 Å². The van der Waals surface area contributed by atoms with Gasteiger partial charge in [0, 0.05) is 25.0 Å². The Morgan fingerprint density at radius 1 is 1.00 bits per heavy atom. The second-order valence-corrected chi connectivity index (χ2v) is 10.3. The quantitative estimate of drug-likeness (QED) is 0.461. The van der Waals surface area contributed by atoms with E-state index in [1.54, 1.807) is 28.9 Å². The molecule has 1 amide bonds. The third kappa shape index (κ3) is 4.20. The molecule has 0 bridgehead atoms. The highest BCUT2D eigenvalue weighted by atomic mass is 32.2. The number of para-hydroxylation sites is 1. The lowest BCUT2D eigenvalue weighted by Gasteiger charge is -2.15. The van der Waals surface area contributed by atoms with Gasteiger partial charge in [-0.25, -0.2) is 18.1 Å². The molecule has 3 heterocycles. The fraction of sp³-hybridized carbons (Fsp3) is 0.240. The van der Waals surface area contributed by atoms with Gasteiger partial charge in [0.15, 0.2) is 5.82 Å². The van der Waals surface area contributed by atoms with Gasteiger partial charge in [-0.3, -0.25) is 4.79 Å². The molecule has 0 atom stereocenters. The van der Waals surface area contributed by atoms with Crippen molar-refractivity contribution in [2.75, 3.05) is 13.1 Å². The van der Waals surface area contributed by atoms with Crippen LogP contribution in [0.1, 0.15) is 34.5 Å². The van der Waals surface area contributed by atoms with Crippen LogP contribution in [0.3, 0.4) is 0 Å². The normalized spacial score (nSPS) is 14.5. The maximum Gasteiger partial charge on any atom is 0.255 e. The molecule has 1 aliphatic heterocycles. The molecule has 1 N–H and O–H groups in total. The minimum atomic E-state index is -3.44. The predicted molar refractivity (Wildman–Crippen MR) is 129 cm³/mol. The van der Waals surface area contributed by atoms with Crippen molar-refractivity contribution in [3.05, 3.63) is 83.7 Å². The monoisotopic (exact) mass is 475 g/mol. The summed E-state index contributed by atoms with van der Waals surface area (Å²) in [5, 5.41) is 8.29. The zero-order chi connectivity index (χ0) is 23.7. The van der Waals surface area contributed by atoms with Crippen molar-refractivity contribution in [1.29, 1.82) is 0 Å². The van der Waals surface area contributed by atoms with Gasteiger partial charge < -0.3 is 5.32 Å². The van der Waals surface area contributed by atoms with E-state index in [2.05, 4.69) is 15.4 Å². The minimum absolute atomic E-state index is 0.252. The van der Waals surface area contributed by atoms with Gasteiger partial charge in [-0.2, -0.15) is 9.40 Å². The van der Waals surface area contributed by atoms with Gasteiger partial charge in [0.2, 0.25) is 10.0 Å². The number of sulfonamides is 1. The van der Waals surface area contributed by atoms with Crippen LogP contribution < -0.4 is 5.32 Å². The first-order chi connectivity index (χ1) is 16.4. The smallest absolute Gasteiger partial charge is 0.255 e. The van der Waals surface area contributed by atoms with Crippen LogP contribution in [-0.4, -0.2) is 46.5 Å². The number of nitrogens with zero attached hydrogens (tertiary/aromatic N) is 4. The highest BCUT2D eigenvalue weighted by molar-refractivity contribution is 7.89. The van der Waals surface area contributed by atoms with Crippen molar-refractivity contribution in [3.8, 4) is 5.82 Å². The second kappa shape index (κ2) is 9.00. The van der Waals surface area contributed by atoms with Gasteiger partial charge in [0.25, 0.3) is 5.91 Å². The molecule has 0 radical (unpaired) electrons. The first kappa shape index (κ1) is 22.2. The van der Waals surface area contributed by atoms with Crippen LogP contribution in [0, 0.1) is 6.92 Å². The second-order valence-electron chi connectivity index (χ2n) is 8.36. The van der Waals surface area contributed by atoms with E-state index in [0.29, 0.717) is 30.2 Å². The van der Waals surface area contributed by atoms with Gasteiger partial charge >= 0.3 is 0 Å². The van der Waals surface area contributed by atoms with Crippen molar-refractivity contribution >= 4 is 26.8 Å². The topological polar surface area (TPSA) is 97.2 Å². The highest BCUT2D eigenvalue weighted by Crippen LogP contribution is 2.21. The molecule has 0 spiro atoms. The average Bonchev–Trinajstić information content (AvgIpc) is 3.53. The van der Waals surface area contributed by atoms with E-state index in [-0.39, 0.29) is 17.3 Å². The number of benzene rings is 2. The van der Waals surface area contributed by atoms with E-state index in [1.165, 1.54) is 10.5 Å². The Kier molecular flexibility index (Phi) is 5.89. The number of amides is 1. The first-order valence-electron chi connectivity index (χ1n) is 11.2. The average molecular weight is 476 g/mol. The van der Waals surface area contributed by atoms with Gasteiger partial charge in [0.05, 0.1) is 27.9 Å². The van der Waals surface area contributed by atoms with Crippen LogP contribution in [0.2, 0.25) is 0 Å². The zero-order valence-electron chi connectivity index (χ0n) is 18.8. The van der Waals surface area contributed by atoms with E-state index < -0.39 is 10.0 Å². The summed E-state index contributed by atoms with van der Waals surface area (Å²) in [5.74, 6) is 0.392. The van der Waals surface area contributed by atoms with E-state index in [4.69, 9.17) is 0 Å². The molecule has 0 aliphatic carbocycles. The van der Waals surface area contributed by atoms with Crippen molar-refractivity contribution in [3.63, 3.8) is 0 Å². The van der Waals surface area contributed by atoms with Crippen LogP contribution in [0.5, 0.6) is 0 Å². The number of aromatic nitrogens is 3. The van der Waals surface area contributed by atoms with E-state index in [0.717, 1.165) is 29.3 Å². The van der Waals surface area contributed by atoms with Crippen LogP contribution in [-0.2, 0) is 16.6 Å². The molecule has 1 saturated heterocycles. The van der Waals surface area contributed by atoms with Gasteiger partial charge in [-0.1, -0.05) is 30.3 Å². The molecule has 174 valence electrons. The SMILES string of the molecule is Cc1c(C(=O)NCc2ccc(S(=O)(=O)N3CCCC3)cc2)cnn1-c1ccc2ccccc2n1. The van der Waals surface area contributed by atoms with Crippen LogP contribution in [0.25, 0.3) is 16.7 Å².